The first kappa shape index (κ1) is 18.1. The molecule has 114 valence electrons. The molecular weight excluding hydrogens is 412 g/mol. The van der Waals surface area contributed by atoms with Gasteiger partial charge in [-0.15, -0.1) is 0 Å². The lowest BCUT2D eigenvalue weighted by atomic mass is 10.2. The van der Waals surface area contributed by atoms with Gasteiger partial charge in [0.05, 0.1) is 11.5 Å². The molecule has 1 aromatic carbocycles. The standard InChI is InChI=1S/C12H18Br2N2O3S/c1-9-7-11(14)12(8-10(9)13)20(17,18)16-4-3-15-5-6-19-2/h7-8,15-16H,3-6H2,1-2H3. The van der Waals surface area contributed by atoms with E-state index in [1.807, 2.05) is 6.92 Å². The van der Waals surface area contributed by atoms with Crippen LogP contribution in [0.3, 0.4) is 0 Å². The number of halogens is 2. The summed E-state index contributed by atoms with van der Waals surface area (Å²) < 4.78 is 33.1. The Kier molecular flexibility index (Phi) is 7.63. The maximum Gasteiger partial charge on any atom is 0.241 e. The number of rotatable bonds is 8. The van der Waals surface area contributed by atoms with E-state index in [4.69, 9.17) is 4.74 Å². The summed E-state index contributed by atoms with van der Waals surface area (Å²) in [5, 5.41) is 3.07. The normalized spacial score (nSPS) is 11.8. The molecule has 0 fully saturated rings. The van der Waals surface area contributed by atoms with E-state index in [1.54, 1.807) is 19.2 Å². The van der Waals surface area contributed by atoms with E-state index in [0.717, 1.165) is 10.0 Å². The molecule has 0 radical (unpaired) electrons. The minimum atomic E-state index is -3.52. The zero-order valence-corrected chi connectivity index (χ0v) is 15.4. The van der Waals surface area contributed by atoms with Crippen LogP contribution in [-0.4, -0.2) is 41.8 Å². The number of sulfonamides is 1. The van der Waals surface area contributed by atoms with Crippen LogP contribution in [0.1, 0.15) is 5.56 Å². The van der Waals surface area contributed by atoms with Crippen LogP contribution in [0.15, 0.2) is 26.0 Å². The van der Waals surface area contributed by atoms with Crippen molar-refractivity contribution in [2.24, 2.45) is 0 Å². The molecule has 0 unspecified atom stereocenters. The lowest BCUT2D eigenvalue weighted by molar-refractivity contribution is 0.199. The summed E-state index contributed by atoms with van der Waals surface area (Å²) in [5.41, 5.74) is 0.969. The van der Waals surface area contributed by atoms with Crippen molar-refractivity contribution < 1.29 is 13.2 Å². The molecule has 0 aliphatic heterocycles. The molecule has 5 nitrogen and oxygen atoms in total. The Morgan fingerprint density at radius 2 is 1.85 bits per heavy atom. The molecule has 0 saturated heterocycles. The second kappa shape index (κ2) is 8.45. The van der Waals surface area contributed by atoms with Crippen molar-refractivity contribution in [2.45, 2.75) is 11.8 Å². The maximum absolute atomic E-state index is 12.2. The Morgan fingerprint density at radius 1 is 1.15 bits per heavy atom. The van der Waals surface area contributed by atoms with Crippen LogP contribution < -0.4 is 10.0 Å². The van der Waals surface area contributed by atoms with Crippen molar-refractivity contribution in [1.82, 2.24) is 10.0 Å². The quantitative estimate of drug-likeness (QED) is 0.620. The van der Waals surface area contributed by atoms with Gasteiger partial charge in [0.2, 0.25) is 10.0 Å². The molecule has 0 aliphatic rings. The van der Waals surface area contributed by atoms with Crippen molar-refractivity contribution in [1.29, 1.82) is 0 Å². The van der Waals surface area contributed by atoms with Gasteiger partial charge in [0.1, 0.15) is 0 Å². The van der Waals surface area contributed by atoms with Gasteiger partial charge >= 0.3 is 0 Å². The van der Waals surface area contributed by atoms with E-state index in [9.17, 15) is 8.42 Å². The number of methoxy groups -OCH3 is 1. The highest BCUT2D eigenvalue weighted by molar-refractivity contribution is 9.11. The summed E-state index contributed by atoms with van der Waals surface area (Å²) >= 11 is 6.63. The molecule has 1 aromatic rings. The van der Waals surface area contributed by atoms with Crippen molar-refractivity contribution in [3.8, 4) is 0 Å². The van der Waals surface area contributed by atoms with Gasteiger partial charge in [0, 0.05) is 35.7 Å². The number of aryl methyl sites for hydroxylation is 1. The molecule has 0 atom stereocenters. The monoisotopic (exact) mass is 428 g/mol. The summed E-state index contributed by atoms with van der Waals surface area (Å²) in [6, 6.07) is 3.37. The lowest BCUT2D eigenvalue weighted by Gasteiger charge is -2.11. The third-order valence-corrected chi connectivity index (χ3v) is 5.85. The van der Waals surface area contributed by atoms with Gasteiger partial charge < -0.3 is 10.1 Å². The van der Waals surface area contributed by atoms with Gasteiger partial charge in [0.15, 0.2) is 0 Å². The van der Waals surface area contributed by atoms with Gasteiger partial charge in [-0.1, -0.05) is 15.9 Å². The van der Waals surface area contributed by atoms with Crippen LogP contribution in [0, 0.1) is 6.92 Å². The second-order valence-electron chi connectivity index (χ2n) is 4.17. The number of hydrogen-bond acceptors (Lipinski definition) is 4. The minimum Gasteiger partial charge on any atom is -0.383 e. The van der Waals surface area contributed by atoms with Crippen LogP contribution in [0.4, 0.5) is 0 Å². The van der Waals surface area contributed by atoms with E-state index in [0.29, 0.717) is 30.7 Å². The smallest absolute Gasteiger partial charge is 0.241 e. The number of hydrogen-bond donors (Lipinski definition) is 2. The molecule has 0 aromatic heterocycles. The van der Waals surface area contributed by atoms with Gasteiger partial charge in [-0.25, -0.2) is 13.1 Å². The van der Waals surface area contributed by atoms with Crippen molar-refractivity contribution >= 4 is 41.9 Å². The first-order valence-electron chi connectivity index (χ1n) is 6.03. The van der Waals surface area contributed by atoms with Crippen LogP contribution in [0.2, 0.25) is 0 Å². The molecule has 0 spiro atoms. The average Bonchev–Trinajstić information content (AvgIpc) is 2.37. The zero-order valence-electron chi connectivity index (χ0n) is 11.4. The van der Waals surface area contributed by atoms with Crippen molar-refractivity contribution in [3.63, 3.8) is 0 Å². The van der Waals surface area contributed by atoms with Crippen LogP contribution in [-0.2, 0) is 14.8 Å². The second-order valence-corrected chi connectivity index (χ2v) is 7.62. The molecule has 0 amide bonds. The highest BCUT2D eigenvalue weighted by Gasteiger charge is 2.18. The molecule has 0 bridgehead atoms. The van der Waals surface area contributed by atoms with Crippen LogP contribution >= 0.6 is 31.9 Å². The molecular formula is C12H18Br2N2O3S. The molecule has 2 N–H and O–H groups in total. The Hall–Kier alpha value is 0.01000. The predicted octanol–water partition coefficient (Wildman–Crippen LogP) is 2.03. The minimum absolute atomic E-state index is 0.229. The average molecular weight is 430 g/mol. The van der Waals surface area contributed by atoms with E-state index in [2.05, 4.69) is 41.9 Å². The molecule has 8 heteroatoms. The number of benzene rings is 1. The summed E-state index contributed by atoms with van der Waals surface area (Å²) in [5.74, 6) is 0. The van der Waals surface area contributed by atoms with Crippen LogP contribution in [0.5, 0.6) is 0 Å². The molecule has 0 aliphatic carbocycles. The highest BCUT2D eigenvalue weighted by atomic mass is 79.9. The fraction of sp³-hybridized carbons (Fsp3) is 0.500. The van der Waals surface area contributed by atoms with Gasteiger partial charge in [0.25, 0.3) is 0 Å². The lowest BCUT2D eigenvalue weighted by Crippen LogP contribution is -2.33. The summed E-state index contributed by atoms with van der Waals surface area (Å²) in [6.07, 6.45) is 0. The van der Waals surface area contributed by atoms with E-state index < -0.39 is 10.0 Å². The fourth-order valence-electron chi connectivity index (χ4n) is 1.48. The molecule has 0 saturated carbocycles. The highest BCUT2D eigenvalue weighted by Crippen LogP contribution is 2.28. The predicted molar refractivity (Wildman–Crippen MR) is 86.5 cm³/mol. The van der Waals surface area contributed by atoms with Crippen LogP contribution in [0.25, 0.3) is 0 Å². The first-order valence-corrected chi connectivity index (χ1v) is 9.10. The molecule has 20 heavy (non-hydrogen) atoms. The van der Waals surface area contributed by atoms with E-state index >= 15 is 0 Å². The number of ether oxygens (including phenoxy) is 1. The molecule has 1 rings (SSSR count). The SMILES string of the molecule is COCCNCCNS(=O)(=O)c1cc(Br)c(C)cc1Br. The maximum atomic E-state index is 12.2. The Bertz CT molecular complexity index is 550. The Balaban J connectivity index is 2.63. The van der Waals surface area contributed by atoms with Gasteiger partial charge in [-0.05, 0) is 40.5 Å². The van der Waals surface area contributed by atoms with E-state index in [1.165, 1.54) is 0 Å². The Morgan fingerprint density at radius 3 is 2.50 bits per heavy atom. The molecule has 0 heterocycles. The number of nitrogens with one attached hydrogen (secondary N) is 2. The van der Waals surface area contributed by atoms with Crippen molar-refractivity contribution in [3.05, 3.63) is 26.6 Å². The third-order valence-electron chi connectivity index (χ3n) is 2.58. The Labute approximate surface area is 136 Å². The van der Waals surface area contributed by atoms with E-state index in [-0.39, 0.29) is 4.90 Å². The zero-order chi connectivity index (χ0) is 15.2. The van der Waals surface area contributed by atoms with Gasteiger partial charge in [-0.2, -0.15) is 0 Å². The topological polar surface area (TPSA) is 67.4 Å². The largest absolute Gasteiger partial charge is 0.383 e. The van der Waals surface area contributed by atoms with Crippen molar-refractivity contribution in [2.75, 3.05) is 33.4 Å². The summed E-state index contributed by atoms with van der Waals surface area (Å²) in [7, 11) is -1.90. The third kappa shape index (κ3) is 5.42. The summed E-state index contributed by atoms with van der Waals surface area (Å²) in [6.45, 7) is 4.07. The first-order chi connectivity index (χ1) is 9.38. The summed E-state index contributed by atoms with van der Waals surface area (Å²) in [4.78, 5) is 0.229. The van der Waals surface area contributed by atoms with Gasteiger partial charge in [-0.3, -0.25) is 0 Å². The fourth-order valence-corrected chi connectivity index (χ4v) is 4.19.